The highest BCUT2D eigenvalue weighted by Gasteiger charge is 2.49. The zero-order chi connectivity index (χ0) is 70.6. The van der Waals surface area contributed by atoms with Gasteiger partial charge >= 0.3 is 0 Å². The third kappa shape index (κ3) is 15.7. The largest absolute Gasteiger partial charge is 0.506 e. The molecule has 11 aromatic heterocycles. The van der Waals surface area contributed by atoms with Gasteiger partial charge in [-0.1, -0.05) is 0 Å². The summed E-state index contributed by atoms with van der Waals surface area (Å²) in [6.45, 7) is 28.0. The molecule has 3 aliphatic heterocycles. The number of aromatic hydroxyl groups is 3. The van der Waals surface area contributed by atoms with Crippen molar-refractivity contribution in [1.82, 2.24) is 101 Å². The molecule has 0 aliphatic carbocycles. The van der Waals surface area contributed by atoms with Gasteiger partial charge in [0.1, 0.15) is 69.7 Å². The zero-order valence-electron chi connectivity index (χ0n) is 57.7. The van der Waals surface area contributed by atoms with Crippen LogP contribution in [0.25, 0.3) is 79.1 Å². The molecule has 0 aromatic carbocycles. The van der Waals surface area contributed by atoms with Crippen LogP contribution >= 0.6 is 0 Å². The van der Waals surface area contributed by atoms with Gasteiger partial charge in [-0.15, -0.1) is 30.6 Å². The fraction of sp³-hybridized carbons (Fsp3) is 0.408. The van der Waals surface area contributed by atoms with E-state index in [1.165, 1.54) is 0 Å². The second-order valence-corrected chi connectivity index (χ2v) is 29.4. The van der Waals surface area contributed by atoms with Crippen LogP contribution in [0, 0.1) is 13.8 Å². The van der Waals surface area contributed by atoms with Gasteiger partial charge in [0.25, 0.3) is 0 Å². The number of hydrogen-bond acceptors (Lipinski definition) is 23. The molecule has 0 bridgehead atoms. The lowest BCUT2D eigenvalue weighted by Crippen LogP contribution is -2.66. The minimum Gasteiger partial charge on any atom is -0.506 e. The Kier molecular flexibility index (Phi) is 18.4. The smallest absolute Gasteiger partial charge is 0.233 e. The molecule has 3 aliphatic rings. The lowest BCUT2D eigenvalue weighted by atomic mass is 9.79. The van der Waals surface area contributed by atoms with E-state index in [9.17, 15) is 19.7 Å². The number of aryl methyl sites for hydroxylation is 2. The van der Waals surface area contributed by atoms with Crippen molar-refractivity contribution >= 4 is 11.3 Å². The highest BCUT2D eigenvalue weighted by atomic mass is 19.1. The van der Waals surface area contributed by atoms with Crippen LogP contribution in [0.3, 0.4) is 0 Å². The van der Waals surface area contributed by atoms with E-state index in [1.807, 2.05) is 93.6 Å². The third-order valence-electron chi connectivity index (χ3n) is 17.4. The number of piperidine rings is 3. The van der Waals surface area contributed by atoms with Gasteiger partial charge in [-0.05, 0) is 157 Å². The number of H-pyrrole nitrogens is 1. The van der Waals surface area contributed by atoms with Gasteiger partial charge in [-0.3, -0.25) is 5.10 Å². The van der Waals surface area contributed by atoms with Crippen LogP contribution in [-0.2, 0) is 0 Å². The number of hydrogen-bond donors (Lipinski definition) is 7. The van der Waals surface area contributed by atoms with E-state index in [-0.39, 0.29) is 63.0 Å². The lowest BCUT2D eigenvalue weighted by Gasteiger charge is -2.48. The normalized spacial score (nSPS) is 20.4. The summed E-state index contributed by atoms with van der Waals surface area (Å²) in [4.78, 5) is 21.8. The van der Waals surface area contributed by atoms with Gasteiger partial charge in [0.15, 0.2) is 23.6 Å². The molecule has 7 N–H and O–H groups in total. The summed E-state index contributed by atoms with van der Waals surface area (Å²) in [5.74, 6) is 0.843. The Morgan fingerprint density at radius 2 is 0.929 bits per heavy atom. The molecule has 11 aromatic rings. The fourth-order valence-corrected chi connectivity index (χ4v) is 13.8. The van der Waals surface area contributed by atoms with E-state index < -0.39 is 35.6 Å². The van der Waals surface area contributed by atoms with Crippen molar-refractivity contribution < 1.29 is 38.3 Å². The van der Waals surface area contributed by atoms with Gasteiger partial charge in [0.2, 0.25) is 17.6 Å². The van der Waals surface area contributed by atoms with E-state index in [2.05, 4.69) is 120 Å². The highest BCUT2D eigenvalue weighted by molar-refractivity contribution is 5.72. The average Bonchev–Trinajstić information content (AvgIpc) is 1.46. The molecule has 0 amide bonds. The Balaban J connectivity index is 0.000000141. The summed E-state index contributed by atoms with van der Waals surface area (Å²) < 4.78 is 51.2. The van der Waals surface area contributed by atoms with Gasteiger partial charge < -0.3 is 45.5 Å². The van der Waals surface area contributed by atoms with Crippen molar-refractivity contribution in [1.29, 1.82) is 0 Å². The Labute approximate surface area is 571 Å². The van der Waals surface area contributed by atoms with Crippen molar-refractivity contribution in [3.63, 3.8) is 0 Å². The molecule has 3 saturated heterocycles. The molecule has 4 atom stereocenters. The summed E-state index contributed by atoms with van der Waals surface area (Å²) in [7, 11) is 0. The molecule has 0 saturated carbocycles. The van der Waals surface area contributed by atoms with Crippen LogP contribution in [0.1, 0.15) is 120 Å². The average molecular weight is 1350 g/mol. The maximum atomic E-state index is 15.0. The number of alkyl halides is 2. The molecular weight excluding hydrogens is 1270 g/mol. The summed E-state index contributed by atoms with van der Waals surface area (Å²) >= 11 is 0. The molecule has 0 radical (unpaired) electrons. The Bertz CT molecular complexity index is 4660. The molecule has 14 rings (SSSR count). The van der Waals surface area contributed by atoms with Crippen LogP contribution in [0.2, 0.25) is 0 Å². The van der Waals surface area contributed by atoms with Crippen LogP contribution < -0.4 is 30.2 Å². The Hall–Kier alpha value is -10.3. The van der Waals surface area contributed by atoms with E-state index in [4.69, 9.17) is 14.2 Å². The van der Waals surface area contributed by atoms with E-state index in [0.717, 1.165) is 46.5 Å². The van der Waals surface area contributed by atoms with Crippen LogP contribution in [0.15, 0.2) is 122 Å². The SMILES string of the molecule is CC1(C)C[C@H](Oc2ccc(-c3ncc(-c4ccc5nccn5n4)cc3O)nn2)[C@H](F)C(C)(C)N1.CC1(C)C[C@H](Oc2ccc(-c3ncc(-c4cn[nH]c4)cc3O)nn2)[C@H](F)C(C)(C)N1.Cc1cn2nc(-c3cnc(-c4ccc(OC5CC(C)(C)NC(C)(C)C5)nn4)c(O)c3)cc(C)c2n1. The molecule has 0 unspecified atom stereocenters. The molecule has 14 heterocycles. The zero-order valence-corrected chi connectivity index (χ0v) is 57.7. The fourth-order valence-electron chi connectivity index (χ4n) is 13.8. The number of aromatic amines is 1. The van der Waals surface area contributed by atoms with E-state index in [0.29, 0.717) is 69.7 Å². The molecule has 28 heteroatoms. The van der Waals surface area contributed by atoms with E-state index in [1.54, 1.807) is 107 Å². The number of nitrogens with one attached hydrogen (secondary N) is 4. The van der Waals surface area contributed by atoms with Crippen molar-refractivity contribution in [3.8, 4) is 103 Å². The predicted molar refractivity (Wildman–Crippen MR) is 367 cm³/mol. The molecular formula is C71H82F2N20O6. The summed E-state index contributed by atoms with van der Waals surface area (Å²) in [6.07, 6.45) is 12.6. The molecule has 516 valence electrons. The van der Waals surface area contributed by atoms with Gasteiger partial charge in [-0.2, -0.15) is 15.3 Å². The maximum absolute atomic E-state index is 15.0. The first kappa shape index (κ1) is 68.6. The first-order valence-electron chi connectivity index (χ1n) is 32.6. The molecule has 26 nitrogen and oxygen atoms in total. The third-order valence-corrected chi connectivity index (χ3v) is 17.4. The number of fused-ring (bicyclic) bond motifs is 2. The first-order valence-corrected chi connectivity index (χ1v) is 32.6. The molecule has 0 spiro atoms. The maximum Gasteiger partial charge on any atom is 0.233 e. The number of halogens is 2. The first-order chi connectivity index (χ1) is 46.7. The molecule has 3 fully saturated rings. The number of ether oxygens (including phenoxy) is 3. The van der Waals surface area contributed by atoms with Gasteiger partial charge in [0, 0.05) is 137 Å². The van der Waals surface area contributed by atoms with Crippen LogP contribution in [0.5, 0.6) is 34.9 Å². The van der Waals surface area contributed by atoms with Crippen LogP contribution in [-0.4, -0.2) is 164 Å². The summed E-state index contributed by atoms with van der Waals surface area (Å²) in [5.41, 5.74) is 7.79. The topological polar surface area (TPSA) is 330 Å². The predicted octanol–water partition coefficient (Wildman–Crippen LogP) is 11.1. The van der Waals surface area contributed by atoms with Crippen molar-refractivity contribution in [2.45, 2.75) is 187 Å². The quantitative estimate of drug-likeness (QED) is 0.0597. The number of pyridine rings is 3. The number of imidazole rings is 2. The Morgan fingerprint density at radius 3 is 1.40 bits per heavy atom. The van der Waals surface area contributed by atoms with Crippen molar-refractivity contribution in [2.24, 2.45) is 0 Å². The summed E-state index contributed by atoms with van der Waals surface area (Å²) in [5, 5.41) is 82.6. The number of aromatic nitrogens is 17. The van der Waals surface area contributed by atoms with Crippen molar-refractivity contribution in [3.05, 3.63) is 134 Å². The van der Waals surface area contributed by atoms with Gasteiger partial charge in [0.05, 0.1) is 29.5 Å². The molecule has 99 heavy (non-hydrogen) atoms. The standard InChI is InChI=1S/C26H31N7O2.C24H26FN7O2.C21H25FN6O2/c1-15-9-20(31-33-14-16(2)28-24(15)33)17-10-21(34)23(27-13-17)19-7-8-22(30-29-19)35-18-11-25(3,4)32-26(5,6)12-18;1-23(2)12-18(22(25)24(3,4)31-23)34-20-8-6-16(28-29-20)21-17(33)11-14(13-27-21)15-5-7-19-26-9-10-32(19)30-15;1-20(2)8-16(19(22)21(3,4)28-20)30-17-6-5-14(26-27-17)18-15(29)7-12(9-23-18)13-10-24-25-11-13/h7-10,13-14,18,32,34H,11-12H2,1-6H3;5-11,13,18,22,31,33H,12H2,1-4H3;5-7,9-11,16,19,28-29H,8H2,1-4H3,(H,24,25)/t;18-,22-;16-,19-/m.00/s1. The van der Waals surface area contributed by atoms with Gasteiger partial charge in [-0.25, -0.2) is 42.7 Å². The highest BCUT2D eigenvalue weighted by Crippen LogP contribution is 2.39. The lowest BCUT2D eigenvalue weighted by molar-refractivity contribution is -0.0283. The summed E-state index contributed by atoms with van der Waals surface area (Å²) in [6, 6.07) is 20.5. The second-order valence-electron chi connectivity index (χ2n) is 29.4. The Morgan fingerprint density at radius 1 is 0.475 bits per heavy atom. The van der Waals surface area contributed by atoms with Crippen molar-refractivity contribution in [2.75, 3.05) is 0 Å². The monoisotopic (exact) mass is 1350 g/mol. The minimum atomic E-state index is -1.21. The second kappa shape index (κ2) is 26.5. The number of rotatable bonds is 12. The minimum absolute atomic E-state index is 0.00804. The van der Waals surface area contributed by atoms with Crippen LogP contribution in [0.4, 0.5) is 8.78 Å². The van der Waals surface area contributed by atoms with E-state index >= 15 is 4.39 Å². The number of nitrogens with zero attached hydrogens (tertiary/aromatic N) is 16.